The molecule has 0 aromatic heterocycles. The highest BCUT2D eigenvalue weighted by Gasteiger charge is 2.17. The van der Waals surface area contributed by atoms with Gasteiger partial charge in [-0.3, -0.25) is 15.0 Å². The van der Waals surface area contributed by atoms with Crippen molar-refractivity contribution >= 4 is 11.8 Å². The third-order valence-corrected chi connectivity index (χ3v) is 2.97. The lowest BCUT2D eigenvalue weighted by Gasteiger charge is -2.26. The van der Waals surface area contributed by atoms with E-state index in [9.17, 15) is 9.59 Å². The van der Waals surface area contributed by atoms with E-state index in [-0.39, 0.29) is 18.4 Å². The lowest BCUT2D eigenvalue weighted by atomic mass is 10.2. The van der Waals surface area contributed by atoms with Gasteiger partial charge in [0.15, 0.2) is 6.61 Å². The number of nitrogens with one attached hydrogen (secondary N) is 1. The van der Waals surface area contributed by atoms with Gasteiger partial charge in [-0.15, -0.1) is 0 Å². The summed E-state index contributed by atoms with van der Waals surface area (Å²) in [5.41, 5.74) is 2.47. The van der Waals surface area contributed by atoms with E-state index in [4.69, 9.17) is 15.3 Å². The number of amides is 2. The van der Waals surface area contributed by atoms with E-state index < -0.39 is 0 Å². The maximum absolute atomic E-state index is 11.9. The lowest BCUT2D eigenvalue weighted by Crippen LogP contribution is -2.42. The number of carbonyl (C=O) groups excluding carboxylic acids is 2. The zero-order chi connectivity index (χ0) is 14.4. The van der Waals surface area contributed by atoms with Crippen molar-refractivity contribution < 1.29 is 19.1 Å². The number of benzene rings is 1. The molecule has 1 aliphatic rings. The summed E-state index contributed by atoms with van der Waals surface area (Å²) < 4.78 is 10.6. The summed E-state index contributed by atoms with van der Waals surface area (Å²) in [5, 5.41) is 0. The van der Waals surface area contributed by atoms with Crippen LogP contribution in [0.25, 0.3) is 0 Å². The molecular weight excluding hydrogens is 262 g/mol. The number of hydrogen-bond donors (Lipinski definition) is 2. The van der Waals surface area contributed by atoms with Crippen molar-refractivity contribution in [1.82, 2.24) is 10.3 Å². The molecular formula is C13H17N3O4. The van der Waals surface area contributed by atoms with Crippen LogP contribution in [-0.4, -0.2) is 49.6 Å². The summed E-state index contributed by atoms with van der Waals surface area (Å²) in [6, 6.07) is 6.40. The highest BCUT2D eigenvalue weighted by Crippen LogP contribution is 2.12. The van der Waals surface area contributed by atoms with Gasteiger partial charge in [0, 0.05) is 18.7 Å². The Bertz CT molecular complexity index is 469. The standard InChI is InChI=1S/C13H17N3O4/c14-15-13(18)10-1-3-11(4-2-10)20-9-12(17)16-5-7-19-8-6-16/h1-4H,5-9,14H2,(H,15,18). The molecule has 20 heavy (non-hydrogen) atoms. The molecule has 1 saturated heterocycles. The minimum absolute atomic E-state index is 0.0254. The van der Waals surface area contributed by atoms with E-state index in [1.54, 1.807) is 29.2 Å². The molecule has 0 saturated carbocycles. The molecule has 1 heterocycles. The number of hydrazine groups is 1. The van der Waals surface area contributed by atoms with Crippen LogP contribution < -0.4 is 16.0 Å². The topological polar surface area (TPSA) is 93.9 Å². The molecule has 7 nitrogen and oxygen atoms in total. The highest BCUT2D eigenvalue weighted by molar-refractivity contribution is 5.93. The zero-order valence-electron chi connectivity index (χ0n) is 11.0. The van der Waals surface area contributed by atoms with Gasteiger partial charge >= 0.3 is 0 Å². The molecule has 0 aliphatic carbocycles. The molecule has 0 unspecified atom stereocenters. The Morgan fingerprint density at radius 1 is 1.25 bits per heavy atom. The van der Waals surface area contributed by atoms with E-state index in [0.29, 0.717) is 37.6 Å². The molecule has 1 aliphatic heterocycles. The van der Waals surface area contributed by atoms with Gasteiger partial charge in [0.05, 0.1) is 13.2 Å². The molecule has 1 aromatic rings. The molecule has 1 fully saturated rings. The molecule has 108 valence electrons. The number of hydrogen-bond acceptors (Lipinski definition) is 5. The maximum Gasteiger partial charge on any atom is 0.265 e. The molecule has 0 bridgehead atoms. The van der Waals surface area contributed by atoms with Crippen molar-refractivity contribution in [1.29, 1.82) is 0 Å². The molecule has 0 atom stereocenters. The number of rotatable bonds is 4. The second kappa shape index (κ2) is 6.88. The summed E-state index contributed by atoms with van der Waals surface area (Å²) in [5.74, 6) is 5.11. The Labute approximate surface area is 116 Å². The molecule has 3 N–H and O–H groups in total. The van der Waals surface area contributed by atoms with E-state index >= 15 is 0 Å². The summed E-state index contributed by atoms with van der Waals surface area (Å²) >= 11 is 0. The fourth-order valence-corrected chi connectivity index (χ4v) is 1.83. The normalized spacial score (nSPS) is 14.8. The van der Waals surface area contributed by atoms with Crippen molar-refractivity contribution in [3.8, 4) is 5.75 Å². The Morgan fingerprint density at radius 3 is 2.50 bits per heavy atom. The first kappa shape index (κ1) is 14.3. The number of ether oxygens (including phenoxy) is 2. The van der Waals surface area contributed by atoms with Crippen molar-refractivity contribution in [3.63, 3.8) is 0 Å². The van der Waals surface area contributed by atoms with Crippen molar-refractivity contribution in [2.75, 3.05) is 32.9 Å². The first-order chi connectivity index (χ1) is 9.70. The van der Waals surface area contributed by atoms with Gasteiger partial charge in [0.25, 0.3) is 11.8 Å². The van der Waals surface area contributed by atoms with Crippen LogP contribution in [0, 0.1) is 0 Å². The second-order valence-corrected chi connectivity index (χ2v) is 4.28. The van der Waals surface area contributed by atoms with Crippen LogP contribution in [-0.2, 0) is 9.53 Å². The molecule has 2 rings (SSSR count). The first-order valence-electron chi connectivity index (χ1n) is 6.30. The number of nitrogens with two attached hydrogens (primary N) is 1. The first-order valence-corrected chi connectivity index (χ1v) is 6.30. The van der Waals surface area contributed by atoms with Crippen LogP contribution in [0.15, 0.2) is 24.3 Å². The van der Waals surface area contributed by atoms with E-state index in [2.05, 4.69) is 0 Å². The van der Waals surface area contributed by atoms with E-state index in [1.807, 2.05) is 5.43 Å². The highest BCUT2D eigenvalue weighted by atomic mass is 16.5. The minimum atomic E-state index is -0.374. The fraction of sp³-hybridized carbons (Fsp3) is 0.385. The number of carbonyl (C=O) groups is 2. The van der Waals surface area contributed by atoms with Crippen LogP contribution in [0.1, 0.15) is 10.4 Å². The van der Waals surface area contributed by atoms with Gasteiger partial charge in [0.1, 0.15) is 5.75 Å². The molecule has 0 spiro atoms. The fourth-order valence-electron chi connectivity index (χ4n) is 1.83. The van der Waals surface area contributed by atoms with Gasteiger partial charge in [-0.1, -0.05) is 0 Å². The van der Waals surface area contributed by atoms with Gasteiger partial charge in [-0.25, -0.2) is 5.84 Å². The van der Waals surface area contributed by atoms with Crippen LogP contribution in [0.5, 0.6) is 5.75 Å². The van der Waals surface area contributed by atoms with Gasteiger partial charge in [0.2, 0.25) is 0 Å². The second-order valence-electron chi connectivity index (χ2n) is 4.28. The zero-order valence-corrected chi connectivity index (χ0v) is 11.0. The Morgan fingerprint density at radius 2 is 1.90 bits per heavy atom. The predicted octanol–water partition coefficient (Wildman–Crippen LogP) is -0.472. The summed E-state index contributed by atoms with van der Waals surface area (Å²) in [7, 11) is 0. The monoisotopic (exact) mass is 279 g/mol. The largest absolute Gasteiger partial charge is 0.484 e. The SMILES string of the molecule is NNC(=O)c1ccc(OCC(=O)N2CCOCC2)cc1. The molecule has 2 amide bonds. The third-order valence-electron chi connectivity index (χ3n) is 2.97. The average molecular weight is 279 g/mol. The Hall–Kier alpha value is -2.12. The van der Waals surface area contributed by atoms with Gasteiger partial charge in [-0.05, 0) is 24.3 Å². The Kier molecular flexibility index (Phi) is 4.91. The number of nitrogen functional groups attached to an aromatic ring is 1. The number of morpholine rings is 1. The number of nitrogens with zero attached hydrogens (tertiary/aromatic N) is 1. The minimum Gasteiger partial charge on any atom is -0.484 e. The van der Waals surface area contributed by atoms with Crippen molar-refractivity contribution in [3.05, 3.63) is 29.8 Å². The summed E-state index contributed by atoms with van der Waals surface area (Å²) in [6.07, 6.45) is 0. The van der Waals surface area contributed by atoms with Crippen LogP contribution in [0.4, 0.5) is 0 Å². The van der Waals surface area contributed by atoms with Crippen LogP contribution in [0.3, 0.4) is 0 Å². The lowest BCUT2D eigenvalue weighted by molar-refractivity contribution is -0.137. The van der Waals surface area contributed by atoms with Crippen molar-refractivity contribution in [2.24, 2.45) is 5.84 Å². The van der Waals surface area contributed by atoms with E-state index in [0.717, 1.165) is 0 Å². The molecule has 0 radical (unpaired) electrons. The molecule has 7 heteroatoms. The van der Waals surface area contributed by atoms with Gasteiger partial charge in [-0.2, -0.15) is 0 Å². The smallest absolute Gasteiger partial charge is 0.265 e. The average Bonchev–Trinajstić information content (AvgIpc) is 2.53. The summed E-state index contributed by atoms with van der Waals surface area (Å²) in [6.45, 7) is 2.29. The third kappa shape index (κ3) is 3.69. The van der Waals surface area contributed by atoms with Crippen LogP contribution in [0.2, 0.25) is 0 Å². The van der Waals surface area contributed by atoms with Crippen molar-refractivity contribution in [2.45, 2.75) is 0 Å². The molecule has 1 aromatic carbocycles. The summed E-state index contributed by atoms with van der Waals surface area (Å²) in [4.78, 5) is 24.8. The predicted molar refractivity (Wildman–Crippen MR) is 71.0 cm³/mol. The Balaban J connectivity index is 1.84. The van der Waals surface area contributed by atoms with E-state index in [1.165, 1.54) is 0 Å². The maximum atomic E-state index is 11.9. The van der Waals surface area contributed by atoms with Gasteiger partial charge < -0.3 is 14.4 Å². The van der Waals surface area contributed by atoms with Crippen LogP contribution >= 0.6 is 0 Å². The quantitative estimate of drug-likeness (QED) is 0.441.